The van der Waals surface area contributed by atoms with Crippen LogP contribution in [-0.4, -0.2) is 53.1 Å². The first-order valence-electron chi connectivity index (χ1n) is 8.45. The predicted octanol–water partition coefficient (Wildman–Crippen LogP) is 1.81. The monoisotopic (exact) mass is 279 g/mol. The first-order chi connectivity index (χ1) is 9.63. The Kier molecular flexibility index (Phi) is 4.04. The summed E-state index contributed by atoms with van der Waals surface area (Å²) in [6.45, 7) is 8.93. The number of fused-ring (bicyclic) bond motifs is 1. The van der Waals surface area contributed by atoms with Crippen molar-refractivity contribution >= 4 is 5.91 Å². The molecule has 4 heteroatoms. The Bertz CT molecular complexity index is 373. The molecule has 0 aromatic rings. The summed E-state index contributed by atoms with van der Waals surface area (Å²) >= 11 is 0. The zero-order valence-corrected chi connectivity index (χ0v) is 13.1. The molecule has 3 saturated heterocycles. The molecule has 0 radical (unpaired) electrons. The standard InChI is InChI=1S/C16H29N3O/c1-4-11(2)15-16(20)19(12(3)17-15)14-8-10-18-9-6-5-7-13(14)18/h11-15,17H,4-10H2,1-3H3. The molecule has 3 heterocycles. The van der Waals surface area contributed by atoms with Crippen LogP contribution in [0.2, 0.25) is 0 Å². The molecule has 1 amide bonds. The Labute approximate surface area is 122 Å². The molecule has 0 aromatic carbocycles. The van der Waals surface area contributed by atoms with E-state index in [-0.39, 0.29) is 12.2 Å². The maximum absolute atomic E-state index is 12.8. The summed E-state index contributed by atoms with van der Waals surface area (Å²) in [7, 11) is 0. The number of nitrogens with zero attached hydrogens (tertiary/aromatic N) is 2. The largest absolute Gasteiger partial charge is 0.321 e. The predicted molar refractivity (Wildman–Crippen MR) is 80.3 cm³/mol. The van der Waals surface area contributed by atoms with Crippen molar-refractivity contribution in [3.8, 4) is 0 Å². The van der Waals surface area contributed by atoms with Gasteiger partial charge in [0.25, 0.3) is 0 Å². The second-order valence-electron chi connectivity index (χ2n) is 6.91. The van der Waals surface area contributed by atoms with E-state index < -0.39 is 0 Å². The number of nitrogens with one attached hydrogen (secondary N) is 1. The fraction of sp³-hybridized carbons (Fsp3) is 0.938. The van der Waals surface area contributed by atoms with E-state index in [1.54, 1.807) is 0 Å². The van der Waals surface area contributed by atoms with E-state index in [1.807, 2.05) is 0 Å². The Morgan fingerprint density at radius 3 is 2.80 bits per heavy atom. The molecule has 0 aliphatic carbocycles. The summed E-state index contributed by atoms with van der Waals surface area (Å²) in [5, 5.41) is 3.53. The maximum Gasteiger partial charge on any atom is 0.241 e. The highest BCUT2D eigenvalue weighted by Crippen LogP contribution is 2.33. The van der Waals surface area contributed by atoms with Crippen molar-refractivity contribution in [1.82, 2.24) is 15.1 Å². The maximum atomic E-state index is 12.8. The number of amides is 1. The molecule has 3 aliphatic rings. The Morgan fingerprint density at radius 1 is 1.25 bits per heavy atom. The SMILES string of the molecule is CCC(C)C1NC(C)N(C2CCN3CCCCC23)C1=O. The van der Waals surface area contributed by atoms with Gasteiger partial charge in [-0.2, -0.15) is 0 Å². The number of piperidine rings is 1. The highest BCUT2D eigenvalue weighted by atomic mass is 16.2. The van der Waals surface area contributed by atoms with Crippen LogP contribution in [0, 0.1) is 5.92 Å². The van der Waals surface area contributed by atoms with Crippen molar-refractivity contribution in [1.29, 1.82) is 0 Å². The third-order valence-electron chi connectivity index (χ3n) is 5.75. The zero-order valence-electron chi connectivity index (χ0n) is 13.1. The molecule has 0 saturated carbocycles. The second-order valence-corrected chi connectivity index (χ2v) is 6.91. The average Bonchev–Trinajstić information content (AvgIpc) is 2.99. The molecular weight excluding hydrogens is 250 g/mol. The van der Waals surface area contributed by atoms with Crippen LogP contribution >= 0.6 is 0 Å². The number of hydrogen-bond acceptors (Lipinski definition) is 3. The van der Waals surface area contributed by atoms with Crippen LogP contribution in [0.5, 0.6) is 0 Å². The van der Waals surface area contributed by atoms with Gasteiger partial charge in [0, 0.05) is 12.6 Å². The van der Waals surface area contributed by atoms with Gasteiger partial charge in [-0.1, -0.05) is 26.7 Å². The van der Waals surface area contributed by atoms with Crippen molar-refractivity contribution in [2.45, 2.75) is 77.2 Å². The lowest BCUT2D eigenvalue weighted by Crippen LogP contribution is -2.51. The third-order valence-corrected chi connectivity index (χ3v) is 5.75. The van der Waals surface area contributed by atoms with Crippen molar-refractivity contribution in [2.75, 3.05) is 13.1 Å². The van der Waals surface area contributed by atoms with E-state index in [9.17, 15) is 4.79 Å². The molecule has 1 N–H and O–H groups in total. The lowest BCUT2D eigenvalue weighted by Gasteiger charge is -2.37. The van der Waals surface area contributed by atoms with E-state index in [4.69, 9.17) is 0 Å². The summed E-state index contributed by atoms with van der Waals surface area (Å²) in [5.41, 5.74) is 0. The van der Waals surface area contributed by atoms with Crippen LogP contribution in [0.3, 0.4) is 0 Å². The molecule has 3 fully saturated rings. The highest BCUT2D eigenvalue weighted by Gasteiger charge is 2.47. The summed E-state index contributed by atoms with van der Waals surface area (Å²) in [5.74, 6) is 0.781. The molecule has 3 rings (SSSR count). The van der Waals surface area contributed by atoms with Gasteiger partial charge < -0.3 is 4.90 Å². The summed E-state index contributed by atoms with van der Waals surface area (Å²) in [6, 6.07) is 1.10. The summed E-state index contributed by atoms with van der Waals surface area (Å²) in [6.07, 6.45) is 6.36. The van der Waals surface area contributed by atoms with Gasteiger partial charge in [0.05, 0.1) is 18.2 Å². The highest BCUT2D eigenvalue weighted by molar-refractivity contribution is 5.85. The topological polar surface area (TPSA) is 35.6 Å². The number of hydrogen-bond donors (Lipinski definition) is 1. The van der Waals surface area contributed by atoms with Crippen LogP contribution in [0.15, 0.2) is 0 Å². The fourth-order valence-corrected chi connectivity index (χ4v) is 4.40. The minimum atomic E-state index is 0.0349. The molecule has 4 nitrogen and oxygen atoms in total. The summed E-state index contributed by atoms with van der Waals surface area (Å²) < 4.78 is 0. The molecule has 0 bridgehead atoms. The molecular formula is C16H29N3O. The molecule has 5 atom stereocenters. The molecule has 0 spiro atoms. The van der Waals surface area contributed by atoms with Gasteiger partial charge in [-0.15, -0.1) is 0 Å². The van der Waals surface area contributed by atoms with Crippen molar-refractivity contribution in [3.05, 3.63) is 0 Å². The van der Waals surface area contributed by atoms with Gasteiger partial charge in [-0.3, -0.25) is 15.0 Å². The normalized spacial score (nSPS) is 40.1. The second kappa shape index (κ2) is 5.64. The van der Waals surface area contributed by atoms with Gasteiger partial charge in [0.1, 0.15) is 0 Å². The fourth-order valence-electron chi connectivity index (χ4n) is 4.40. The third kappa shape index (κ3) is 2.27. The van der Waals surface area contributed by atoms with Crippen molar-refractivity contribution in [3.63, 3.8) is 0 Å². The van der Waals surface area contributed by atoms with E-state index in [2.05, 4.69) is 35.9 Å². The molecule has 0 aromatic heterocycles. The number of carbonyl (C=O) groups excluding carboxylic acids is 1. The molecule has 114 valence electrons. The van der Waals surface area contributed by atoms with Gasteiger partial charge >= 0.3 is 0 Å². The van der Waals surface area contributed by atoms with Crippen molar-refractivity contribution < 1.29 is 4.79 Å². The van der Waals surface area contributed by atoms with Crippen molar-refractivity contribution in [2.24, 2.45) is 5.92 Å². The number of carbonyl (C=O) groups is 1. The lowest BCUT2D eigenvalue weighted by molar-refractivity contribution is -0.133. The molecule has 3 aliphatic heterocycles. The smallest absolute Gasteiger partial charge is 0.241 e. The van der Waals surface area contributed by atoms with Gasteiger partial charge in [0.15, 0.2) is 0 Å². The number of rotatable bonds is 3. The Balaban J connectivity index is 1.75. The quantitative estimate of drug-likeness (QED) is 0.856. The Morgan fingerprint density at radius 2 is 2.05 bits per heavy atom. The van der Waals surface area contributed by atoms with E-state index >= 15 is 0 Å². The van der Waals surface area contributed by atoms with Crippen LogP contribution in [-0.2, 0) is 4.79 Å². The average molecular weight is 279 g/mol. The van der Waals surface area contributed by atoms with Crippen LogP contribution in [0.25, 0.3) is 0 Å². The first kappa shape index (κ1) is 14.3. The van der Waals surface area contributed by atoms with Gasteiger partial charge in [-0.25, -0.2) is 0 Å². The van der Waals surface area contributed by atoms with E-state index in [0.29, 0.717) is 23.9 Å². The van der Waals surface area contributed by atoms with Crippen LogP contribution in [0.1, 0.15) is 52.9 Å². The molecule has 5 unspecified atom stereocenters. The lowest BCUT2D eigenvalue weighted by atomic mass is 9.96. The molecule has 20 heavy (non-hydrogen) atoms. The first-order valence-corrected chi connectivity index (χ1v) is 8.45. The van der Waals surface area contributed by atoms with Gasteiger partial charge in [-0.05, 0) is 38.6 Å². The zero-order chi connectivity index (χ0) is 14.3. The summed E-state index contributed by atoms with van der Waals surface area (Å²) in [4.78, 5) is 17.6. The van der Waals surface area contributed by atoms with Crippen LogP contribution < -0.4 is 5.32 Å². The van der Waals surface area contributed by atoms with Gasteiger partial charge in [0.2, 0.25) is 5.91 Å². The Hall–Kier alpha value is -0.610. The van der Waals surface area contributed by atoms with Crippen LogP contribution in [0.4, 0.5) is 0 Å². The minimum Gasteiger partial charge on any atom is -0.321 e. The minimum absolute atomic E-state index is 0.0349. The van der Waals surface area contributed by atoms with E-state index in [1.165, 1.54) is 32.4 Å². The van der Waals surface area contributed by atoms with E-state index in [0.717, 1.165) is 12.8 Å².